The minimum Gasteiger partial charge on any atom is -0.353 e. The lowest BCUT2D eigenvalue weighted by molar-refractivity contribution is 0.187. The molecule has 0 bridgehead atoms. The number of urea groups is 1. The van der Waals surface area contributed by atoms with Crippen molar-refractivity contribution in [2.45, 2.75) is 26.7 Å². The van der Waals surface area contributed by atoms with E-state index in [2.05, 4.69) is 46.0 Å². The molecule has 2 amide bonds. The van der Waals surface area contributed by atoms with E-state index >= 15 is 0 Å². The van der Waals surface area contributed by atoms with Crippen molar-refractivity contribution in [1.29, 1.82) is 0 Å². The first-order valence-electron chi connectivity index (χ1n) is 9.26. The molecular weight excluding hydrogens is 316 g/mol. The lowest BCUT2D eigenvalue weighted by Gasteiger charge is -2.36. The Balaban J connectivity index is 1.47. The Kier molecular flexibility index (Phi) is 5.42. The fourth-order valence-electron chi connectivity index (χ4n) is 3.71. The summed E-state index contributed by atoms with van der Waals surface area (Å²) in [5.74, 6) is 0.966. The second kappa shape index (κ2) is 7.56. The van der Waals surface area contributed by atoms with E-state index in [1.807, 2.05) is 11.0 Å². The molecule has 138 valence electrons. The summed E-state index contributed by atoms with van der Waals surface area (Å²) in [4.78, 5) is 27.6. The lowest BCUT2D eigenvalue weighted by Crippen LogP contribution is -2.53. The van der Waals surface area contributed by atoms with Gasteiger partial charge in [-0.25, -0.2) is 14.8 Å². The van der Waals surface area contributed by atoms with Crippen molar-refractivity contribution in [1.82, 2.24) is 25.1 Å². The number of aryl methyl sites for hydroxylation is 1. The highest BCUT2D eigenvalue weighted by atomic mass is 16.2. The first-order valence-corrected chi connectivity index (χ1v) is 9.26. The predicted molar refractivity (Wildman–Crippen MR) is 98.8 cm³/mol. The van der Waals surface area contributed by atoms with Gasteiger partial charge in [-0.05, 0) is 31.8 Å². The summed E-state index contributed by atoms with van der Waals surface area (Å²) in [6, 6.07) is 2.11. The summed E-state index contributed by atoms with van der Waals surface area (Å²) in [5, 5.41) is 3.14. The van der Waals surface area contributed by atoms with Crippen LogP contribution in [0.3, 0.4) is 0 Å². The highest BCUT2D eigenvalue weighted by Crippen LogP contribution is 2.27. The zero-order chi connectivity index (χ0) is 17.9. The molecule has 2 aliphatic heterocycles. The average Bonchev–Trinajstić information content (AvgIpc) is 2.99. The third kappa shape index (κ3) is 4.39. The summed E-state index contributed by atoms with van der Waals surface area (Å²) in [7, 11) is 2.14. The summed E-state index contributed by atoms with van der Waals surface area (Å²) in [5.41, 5.74) is 1.25. The Morgan fingerprint density at radius 1 is 1.24 bits per heavy atom. The number of rotatable bonds is 4. The third-order valence-corrected chi connectivity index (χ3v) is 5.38. The van der Waals surface area contributed by atoms with Crippen molar-refractivity contribution >= 4 is 11.8 Å². The molecule has 0 aromatic carbocycles. The Morgan fingerprint density at radius 3 is 2.64 bits per heavy atom. The number of carbonyl (C=O) groups is 1. The number of hydrogen-bond acceptors (Lipinski definition) is 5. The molecule has 25 heavy (non-hydrogen) atoms. The predicted octanol–water partition coefficient (Wildman–Crippen LogP) is 1.21. The van der Waals surface area contributed by atoms with Crippen molar-refractivity contribution in [3.05, 3.63) is 18.1 Å². The maximum Gasteiger partial charge on any atom is 0.317 e. The van der Waals surface area contributed by atoms with E-state index < -0.39 is 0 Å². The van der Waals surface area contributed by atoms with Crippen LogP contribution in [0, 0.1) is 5.41 Å². The van der Waals surface area contributed by atoms with Gasteiger partial charge in [0.15, 0.2) is 0 Å². The standard InChI is InChI=1S/C18H30N6O/c1-4-15-11-16(21-14-20-15)23-7-9-24(10-8-23)17(25)19-12-18(2)5-6-22(3)13-18/h11,14H,4-10,12-13H2,1-3H3,(H,19,25)/t18-/m1/s1. The van der Waals surface area contributed by atoms with Gasteiger partial charge in [-0.3, -0.25) is 0 Å². The number of nitrogens with one attached hydrogen (secondary N) is 1. The highest BCUT2D eigenvalue weighted by Gasteiger charge is 2.33. The van der Waals surface area contributed by atoms with E-state index in [1.54, 1.807) is 6.33 Å². The Hall–Kier alpha value is -1.89. The fraction of sp³-hybridized carbons (Fsp3) is 0.722. The maximum atomic E-state index is 12.5. The molecule has 0 radical (unpaired) electrons. The van der Waals surface area contributed by atoms with E-state index in [1.165, 1.54) is 0 Å². The molecule has 7 nitrogen and oxygen atoms in total. The first-order chi connectivity index (χ1) is 12.0. The third-order valence-electron chi connectivity index (χ3n) is 5.38. The topological polar surface area (TPSA) is 64.6 Å². The van der Waals surface area contributed by atoms with Crippen LogP contribution in [0.1, 0.15) is 26.0 Å². The number of likely N-dealkylation sites (tertiary alicyclic amines) is 1. The van der Waals surface area contributed by atoms with Crippen LogP contribution in [-0.4, -0.2) is 78.7 Å². The van der Waals surface area contributed by atoms with Gasteiger partial charge < -0.3 is 20.0 Å². The maximum absolute atomic E-state index is 12.5. The molecule has 2 aliphatic rings. The fourth-order valence-corrected chi connectivity index (χ4v) is 3.71. The normalized spacial score (nSPS) is 24.6. The number of carbonyl (C=O) groups excluding carboxylic acids is 1. The van der Waals surface area contributed by atoms with Crippen LogP contribution in [0.4, 0.5) is 10.6 Å². The van der Waals surface area contributed by atoms with Crippen molar-refractivity contribution in [2.24, 2.45) is 5.41 Å². The lowest BCUT2D eigenvalue weighted by atomic mass is 9.90. The van der Waals surface area contributed by atoms with Gasteiger partial charge in [-0.2, -0.15) is 0 Å². The summed E-state index contributed by atoms with van der Waals surface area (Å²) in [6.45, 7) is 10.4. The molecule has 1 aromatic heterocycles. The molecule has 1 atom stereocenters. The van der Waals surface area contributed by atoms with Crippen molar-refractivity contribution in [3.63, 3.8) is 0 Å². The van der Waals surface area contributed by atoms with Crippen LogP contribution >= 0.6 is 0 Å². The molecule has 0 spiro atoms. The largest absolute Gasteiger partial charge is 0.353 e. The Bertz CT molecular complexity index is 601. The van der Waals surface area contributed by atoms with Crippen molar-refractivity contribution in [3.8, 4) is 0 Å². The smallest absolute Gasteiger partial charge is 0.317 e. The number of nitrogens with zero attached hydrogens (tertiary/aromatic N) is 5. The zero-order valence-electron chi connectivity index (χ0n) is 15.7. The molecular formula is C18H30N6O. The van der Waals surface area contributed by atoms with Gasteiger partial charge in [0.1, 0.15) is 12.1 Å². The van der Waals surface area contributed by atoms with Crippen LogP contribution in [-0.2, 0) is 6.42 Å². The van der Waals surface area contributed by atoms with E-state index in [0.29, 0.717) is 0 Å². The van der Waals surface area contributed by atoms with E-state index in [0.717, 1.165) is 70.2 Å². The molecule has 1 N–H and O–H groups in total. The molecule has 0 aliphatic carbocycles. The SMILES string of the molecule is CCc1cc(N2CCN(C(=O)NC[C@@]3(C)CCN(C)C3)CC2)ncn1. The van der Waals surface area contributed by atoms with Crippen molar-refractivity contribution in [2.75, 3.05) is 57.8 Å². The minimum atomic E-state index is 0.0624. The first kappa shape index (κ1) is 17.9. The quantitative estimate of drug-likeness (QED) is 0.888. The number of anilines is 1. The van der Waals surface area contributed by atoms with Crippen LogP contribution in [0.25, 0.3) is 0 Å². The summed E-state index contributed by atoms with van der Waals surface area (Å²) >= 11 is 0. The van der Waals surface area contributed by atoms with Gasteiger partial charge in [-0.15, -0.1) is 0 Å². The van der Waals surface area contributed by atoms with Gasteiger partial charge in [0, 0.05) is 51.0 Å². The van der Waals surface area contributed by atoms with Crippen molar-refractivity contribution < 1.29 is 4.79 Å². The molecule has 0 saturated carbocycles. The van der Waals surface area contributed by atoms with Crippen LogP contribution in [0.15, 0.2) is 12.4 Å². The molecule has 2 fully saturated rings. The highest BCUT2D eigenvalue weighted by molar-refractivity contribution is 5.74. The molecule has 0 unspecified atom stereocenters. The van der Waals surface area contributed by atoms with E-state index in [4.69, 9.17) is 0 Å². The summed E-state index contributed by atoms with van der Waals surface area (Å²) in [6.07, 6.45) is 3.68. The van der Waals surface area contributed by atoms with Crippen LogP contribution in [0.5, 0.6) is 0 Å². The molecule has 2 saturated heterocycles. The monoisotopic (exact) mass is 346 g/mol. The average molecular weight is 346 g/mol. The van der Waals surface area contributed by atoms with E-state index in [9.17, 15) is 4.79 Å². The van der Waals surface area contributed by atoms with Crippen LogP contribution < -0.4 is 10.2 Å². The molecule has 7 heteroatoms. The number of aromatic nitrogens is 2. The minimum absolute atomic E-state index is 0.0624. The van der Waals surface area contributed by atoms with E-state index in [-0.39, 0.29) is 11.4 Å². The van der Waals surface area contributed by atoms with Gasteiger partial charge in [-0.1, -0.05) is 13.8 Å². The summed E-state index contributed by atoms with van der Waals surface area (Å²) < 4.78 is 0. The zero-order valence-corrected chi connectivity index (χ0v) is 15.7. The van der Waals surface area contributed by atoms with Gasteiger partial charge in [0.25, 0.3) is 0 Å². The van der Waals surface area contributed by atoms with Gasteiger partial charge in [0.2, 0.25) is 0 Å². The molecule has 1 aromatic rings. The number of hydrogen-bond donors (Lipinski definition) is 1. The number of amides is 2. The van der Waals surface area contributed by atoms with Gasteiger partial charge in [0.05, 0.1) is 0 Å². The van der Waals surface area contributed by atoms with Gasteiger partial charge >= 0.3 is 6.03 Å². The second-order valence-corrected chi connectivity index (χ2v) is 7.65. The van der Waals surface area contributed by atoms with Crippen LogP contribution in [0.2, 0.25) is 0 Å². The molecule has 3 heterocycles. The Morgan fingerprint density at radius 2 is 2.00 bits per heavy atom. The molecule has 3 rings (SSSR count). The number of piperazine rings is 1. The second-order valence-electron chi connectivity index (χ2n) is 7.65. The Labute approximate surface area is 150 Å².